The van der Waals surface area contributed by atoms with E-state index in [1.807, 2.05) is 41.3 Å². The third kappa shape index (κ3) is 6.33. The van der Waals surface area contributed by atoms with Gasteiger partial charge in [-0.15, -0.1) is 0 Å². The molecule has 0 radical (unpaired) electrons. The van der Waals surface area contributed by atoms with Crippen molar-refractivity contribution >= 4 is 22.9 Å². The molecule has 6 rings (SSSR count). The van der Waals surface area contributed by atoms with Gasteiger partial charge in [-0.1, -0.05) is 42.5 Å². The average molecular weight is 598 g/mol. The van der Waals surface area contributed by atoms with Crippen LogP contribution in [0.4, 0.5) is 5.95 Å². The van der Waals surface area contributed by atoms with Crippen LogP contribution in [0.25, 0.3) is 11.0 Å². The Hall–Kier alpha value is -4.24. The number of nitrogens with zero attached hydrogens (tertiary/aromatic N) is 3. The fraction of sp³-hybridized carbons (Fsp3) is 0.429. The predicted molar refractivity (Wildman–Crippen MR) is 173 cm³/mol. The molecule has 3 heterocycles. The standard InChI is InChI=1S/C35H43N5O4/c1-42-30-21-26(22-31(43-2)32(30)44-3)24-40-20-16-35(33(40)41,23-25-9-5-4-6-10-25)15-19-39-17-13-27(14-18-39)36-34-37-28-11-7-8-12-29(28)38-34/h4-12,21-22,27H,13-20,23-24H2,1-3H3,(H2,36,37,38). The van der Waals surface area contributed by atoms with Gasteiger partial charge in [0.1, 0.15) is 0 Å². The van der Waals surface area contributed by atoms with Crippen molar-refractivity contribution in [1.82, 2.24) is 19.8 Å². The molecular weight excluding hydrogens is 554 g/mol. The van der Waals surface area contributed by atoms with Crippen molar-refractivity contribution in [3.8, 4) is 17.2 Å². The molecule has 3 aromatic carbocycles. The number of H-pyrrole nitrogens is 1. The van der Waals surface area contributed by atoms with Crippen molar-refractivity contribution in [1.29, 1.82) is 0 Å². The maximum Gasteiger partial charge on any atom is 0.229 e. The van der Waals surface area contributed by atoms with E-state index in [4.69, 9.17) is 19.2 Å². The van der Waals surface area contributed by atoms with Gasteiger partial charge in [0.05, 0.1) is 37.8 Å². The summed E-state index contributed by atoms with van der Waals surface area (Å²) >= 11 is 0. The maximum atomic E-state index is 14.3. The molecule has 2 aliphatic heterocycles. The van der Waals surface area contributed by atoms with Gasteiger partial charge in [0.25, 0.3) is 0 Å². The van der Waals surface area contributed by atoms with E-state index in [1.54, 1.807) is 21.3 Å². The molecule has 232 valence electrons. The number of hydrogen-bond acceptors (Lipinski definition) is 7. The summed E-state index contributed by atoms with van der Waals surface area (Å²) < 4.78 is 16.6. The molecule has 0 aliphatic carbocycles. The predicted octanol–water partition coefficient (Wildman–Crippen LogP) is 5.52. The van der Waals surface area contributed by atoms with Crippen molar-refractivity contribution in [2.45, 2.75) is 44.7 Å². The number of rotatable bonds is 12. The molecule has 1 aromatic heterocycles. The molecule has 0 bridgehead atoms. The second-order valence-corrected chi connectivity index (χ2v) is 12.1. The van der Waals surface area contributed by atoms with Gasteiger partial charge in [0.2, 0.25) is 17.6 Å². The van der Waals surface area contributed by atoms with Gasteiger partial charge in [0, 0.05) is 32.2 Å². The number of benzene rings is 3. The summed E-state index contributed by atoms with van der Waals surface area (Å²) in [5, 5.41) is 3.61. The smallest absolute Gasteiger partial charge is 0.229 e. The number of hydrogen-bond donors (Lipinski definition) is 2. The number of anilines is 1. The quantitative estimate of drug-likeness (QED) is 0.222. The van der Waals surface area contributed by atoms with Crippen molar-refractivity contribution in [2.75, 3.05) is 52.8 Å². The molecule has 2 saturated heterocycles. The van der Waals surface area contributed by atoms with Crippen LogP contribution < -0.4 is 19.5 Å². The third-order valence-electron chi connectivity index (χ3n) is 9.31. The zero-order valence-corrected chi connectivity index (χ0v) is 26.0. The Morgan fingerprint density at radius 1 is 0.909 bits per heavy atom. The molecule has 44 heavy (non-hydrogen) atoms. The van der Waals surface area contributed by atoms with Crippen molar-refractivity contribution < 1.29 is 19.0 Å². The number of carbonyl (C=O) groups excluding carboxylic acids is 1. The lowest BCUT2D eigenvalue weighted by Crippen LogP contribution is -2.43. The number of piperidine rings is 1. The Bertz CT molecular complexity index is 1510. The van der Waals surface area contributed by atoms with Gasteiger partial charge in [-0.2, -0.15) is 0 Å². The summed E-state index contributed by atoms with van der Waals surface area (Å²) in [5.41, 5.74) is 3.78. The van der Waals surface area contributed by atoms with Crippen LogP contribution in [0.15, 0.2) is 66.7 Å². The van der Waals surface area contributed by atoms with E-state index in [-0.39, 0.29) is 5.91 Å². The maximum absolute atomic E-state index is 14.3. The molecule has 9 nitrogen and oxygen atoms in total. The van der Waals surface area contributed by atoms with Gasteiger partial charge < -0.3 is 34.3 Å². The molecule has 1 unspecified atom stereocenters. The molecule has 1 amide bonds. The summed E-state index contributed by atoms with van der Waals surface area (Å²) in [6.07, 6.45) is 4.53. The highest BCUT2D eigenvalue weighted by molar-refractivity contribution is 5.85. The van der Waals surface area contributed by atoms with Gasteiger partial charge in [-0.3, -0.25) is 4.79 Å². The van der Waals surface area contributed by atoms with Crippen molar-refractivity contribution in [3.63, 3.8) is 0 Å². The molecule has 2 fully saturated rings. The number of methoxy groups -OCH3 is 3. The van der Waals surface area contributed by atoms with E-state index in [0.29, 0.717) is 29.8 Å². The number of carbonyl (C=O) groups is 1. The Balaban J connectivity index is 1.11. The highest BCUT2D eigenvalue weighted by Crippen LogP contribution is 2.42. The first-order valence-electron chi connectivity index (χ1n) is 15.6. The first-order valence-corrected chi connectivity index (χ1v) is 15.6. The molecule has 0 spiro atoms. The number of nitrogens with one attached hydrogen (secondary N) is 2. The first-order chi connectivity index (χ1) is 21.5. The van der Waals surface area contributed by atoms with Crippen molar-refractivity contribution in [2.24, 2.45) is 5.41 Å². The minimum atomic E-state index is -0.425. The minimum absolute atomic E-state index is 0.233. The summed E-state index contributed by atoms with van der Waals surface area (Å²) in [6.45, 7) is 4.15. The lowest BCUT2D eigenvalue weighted by Gasteiger charge is -2.35. The van der Waals surface area contributed by atoms with E-state index >= 15 is 0 Å². The number of aromatic nitrogens is 2. The van der Waals surface area contributed by atoms with Crippen LogP contribution >= 0.6 is 0 Å². The van der Waals surface area contributed by atoms with Gasteiger partial charge in [0.15, 0.2) is 11.5 Å². The van der Waals surface area contributed by atoms with E-state index in [1.165, 1.54) is 5.56 Å². The average Bonchev–Trinajstić information content (AvgIpc) is 3.60. The zero-order valence-electron chi connectivity index (χ0n) is 26.0. The number of amides is 1. The Morgan fingerprint density at radius 2 is 1.61 bits per heavy atom. The largest absolute Gasteiger partial charge is 0.493 e. The topological polar surface area (TPSA) is 92.0 Å². The van der Waals surface area contributed by atoms with Gasteiger partial charge in [-0.05, 0) is 74.0 Å². The fourth-order valence-electron chi connectivity index (χ4n) is 6.85. The van der Waals surface area contributed by atoms with Crippen LogP contribution in [0, 0.1) is 5.41 Å². The summed E-state index contributed by atoms with van der Waals surface area (Å²) in [4.78, 5) is 26.9. The second kappa shape index (κ2) is 13.2. The molecule has 2 N–H and O–H groups in total. The molecular formula is C35H43N5O4. The summed E-state index contributed by atoms with van der Waals surface area (Å²) in [7, 11) is 4.83. The Morgan fingerprint density at radius 3 is 2.30 bits per heavy atom. The van der Waals surface area contributed by atoms with Gasteiger partial charge >= 0.3 is 0 Å². The van der Waals surface area contributed by atoms with E-state index < -0.39 is 5.41 Å². The normalized spacial score (nSPS) is 19.4. The van der Waals surface area contributed by atoms with E-state index in [0.717, 1.165) is 80.8 Å². The number of aromatic amines is 1. The van der Waals surface area contributed by atoms with Crippen LogP contribution in [0.3, 0.4) is 0 Å². The Labute approximate surface area is 259 Å². The highest BCUT2D eigenvalue weighted by Gasteiger charge is 2.46. The Kier molecular flexibility index (Phi) is 8.93. The highest BCUT2D eigenvalue weighted by atomic mass is 16.5. The van der Waals surface area contributed by atoms with Crippen molar-refractivity contribution in [3.05, 3.63) is 77.9 Å². The van der Waals surface area contributed by atoms with E-state index in [2.05, 4.69) is 45.5 Å². The molecule has 0 saturated carbocycles. The lowest BCUT2D eigenvalue weighted by atomic mass is 9.77. The number of fused-ring (bicyclic) bond motifs is 1. The summed E-state index contributed by atoms with van der Waals surface area (Å²) in [6, 6.07) is 22.8. The number of ether oxygens (including phenoxy) is 3. The number of para-hydroxylation sites is 2. The SMILES string of the molecule is COc1cc(CN2CCC(CCN3CCC(Nc4nc5ccccc5[nH]4)CC3)(Cc3ccccc3)C2=O)cc(OC)c1OC. The molecule has 1 atom stereocenters. The summed E-state index contributed by atoms with van der Waals surface area (Å²) in [5.74, 6) is 2.83. The monoisotopic (exact) mass is 597 g/mol. The first kappa shape index (κ1) is 29.8. The fourth-order valence-corrected chi connectivity index (χ4v) is 6.85. The second-order valence-electron chi connectivity index (χ2n) is 12.1. The number of likely N-dealkylation sites (tertiary alicyclic amines) is 2. The number of imidazole rings is 1. The lowest BCUT2D eigenvalue weighted by molar-refractivity contribution is -0.137. The minimum Gasteiger partial charge on any atom is -0.493 e. The van der Waals surface area contributed by atoms with E-state index in [9.17, 15) is 4.79 Å². The molecule has 4 aromatic rings. The van der Waals surface area contributed by atoms with Gasteiger partial charge in [-0.25, -0.2) is 4.98 Å². The van der Waals surface area contributed by atoms with Crippen LogP contribution in [-0.4, -0.2) is 79.2 Å². The molecule has 2 aliphatic rings. The zero-order chi connectivity index (χ0) is 30.5. The van der Waals surface area contributed by atoms with Crippen LogP contribution in [0.2, 0.25) is 0 Å². The molecule has 9 heteroatoms. The van der Waals surface area contributed by atoms with Crippen LogP contribution in [0.1, 0.15) is 36.8 Å². The van der Waals surface area contributed by atoms with Crippen LogP contribution in [0.5, 0.6) is 17.2 Å². The third-order valence-corrected chi connectivity index (χ3v) is 9.31. The van der Waals surface area contributed by atoms with Crippen LogP contribution in [-0.2, 0) is 17.8 Å².